The number of hydrogen-bond donors (Lipinski definition) is 1. The van der Waals surface area contributed by atoms with Gasteiger partial charge in [-0.3, -0.25) is 9.20 Å². The lowest BCUT2D eigenvalue weighted by Gasteiger charge is -2.06. The maximum absolute atomic E-state index is 12.4. The van der Waals surface area contributed by atoms with E-state index in [-0.39, 0.29) is 5.91 Å². The van der Waals surface area contributed by atoms with Crippen molar-refractivity contribution in [3.63, 3.8) is 0 Å². The van der Waals surface area contributed by atoms with Gasteiger partial charge in [-0.2, -0.15) is 5.26 Å². The Hall–Kier alpha value is -3.13. The van der Waals surface area contributed by atoms with Gasteiger partial charge in [0.15, 0.2) is 0 Å². The molecule has 0 bridgehead atoms. The van der Waals surface area contributed by atoms with Crippen LogP contribution < -0.4 is 5.32 Å². The van der Waals surface area contributed by atoms with Crippen LogP contribution in [0.4, 0.5) is 0 Å². The van der Waals surface area contributed by atoms with Crippen molar-refractivity contribution in [2.75, 3.05) is 0 Å². The van der Waals surface area contributed by atoms with Crippen molar-refractivity contribution in [3.05, 3.63) is 71.2 Å². The Balaban J connectivity index is 1.88. The second-order valence-corrected chi connectivity index (χ2v) is 4.97. The van der Waals surface area contributed by atoms with E-state index >= 15 is 0 Å². The van der Waals surface area contributed by atoms with Gasteiger partial charge in [-0.15, -0.1) is 0 Å². The van der Waals surface area contributed by atoms with E-state index in [1.165, 1.54) is 0 Å². The van der Waals surface area contributed by atoms with E-state index in [1.54, 1.807) is 29.7 Å². The summed E-state index contributed by atoms with van der Waals surface area (Å²) in [6.45, 7) is 2.25. The molecule has 5 heteroatoms. The van der Waals surface area contributed by atoms with Gasteiger partial charge in [0.1, 0.15) is 11.3 Å². The Morgan fingerprint density at radius 2 is 2.09 bits per heavy atom. The molecule has 0 radical (unpaired) electrons. The Bertz CT molecular complexity index is 875. The van der Waals surface area contributed by atoms with Crippen LogP contribution in [0, 0.1) is 18.3 Å². The number of nitrogens with one attached hydrogen (secondary N) is 1. The van der Waals surface area contributed by atoms with Crippen LogP contribution in [-0.2, 0) is 6.54 Å². The van der Waals surface area contributed by atoms with Gasteiger partial charge in [0.2, 0.25) is 0 Å². The smallest absolute Gasteiger partial charge is 0.270 e. The Morgan fingerprint density at radius 1 is 1.32 bits per heavy atom. The fourth-order valence-corrected chi connectivity index (χ4v) is 2.37. The lowest BCUT2D eigenvalue weighted by Crippen LogP contribution is -2.24. The lowest BCUT2D eigenvalue weighted by molar-refractivity contribution is 0.0944. The molecule has 1 aromatic carbocycles. The first kappa shape index (κ1) is 13.8. The molecule has 0 aliphatic rings. The molecule has 3 rings (SSSR count). The van der Waals surface area contributed by atoms with Gasteiger partial charge in [-0.25, -0.2) is 4.98 Å². The molecule has 0 aliphatic heterocycles. The number of carbonyl (C=O) groups excluding carboxylic acids is 1. The number of fused-ring (bicyclic) bond motifs is 1. The van der Waals surface area contributed by atoms with E-state index in [9.17, 15) is 4.79 Å². The minimum atomic E-state index is -0.182. The Labute approximate surface area is 127 Å². The molecule has 22 heavy (non-hydrogen) atoms. The third kappa shape index (κ3) is 2.54. The molecule has 108 valence electrons. The predicted octanol–water partition coefficient (Wildman–Crippen LogP) is 2.44. The van der Waals surface area contributed by atoms with Crippen LogP contribution in [0.1, 0.15) is 27.3 Å². The number of rotatable bonds is 3. The van der Waals surface area contributed by atoms with Crippen molar-refractivity contribution in [2.45, 2.75) is 13.5 Å². The summed E-state index contributed by atoms with van der Waals surface area (Å²) in [6.07, 6.45) is 1.70. The minimum absolute atomic E-state index is 0.182. The van der Waals surface area contributed by atoms with Crippen molar-refractivity contribution >= 4 is 11.6 Å². The van der Waals surface area contributed by atoms with Crippen LogP contribution >= 0.6 is 0 Å². The van der Waals surface area contributed by atoms with E-state index in [2.05, 4.69) is 16.4 Å². The molecule has 0 unspecified atom stereocenters. The highest BCUT2D eigenvalue weighted by Gasteiger charge is 2.16. The Morgan fingerprint density at radius 3 is 2.82 bits per heavy atom. The highest BCUT2D eigenvalue weighted by molar-refractivity contribution is 5.94. The van der Waals surface area contributed by atoms with Gasteiger partial charge in [-0.05, 0) is 24.6 Å². The number of pyridine rings is 1. The summed E-state index contributed by atoms with van der Waals surface area (Å²) in [5, 5.41) is 11.8. The number of nitriles is 1. The van der Waals surface area contributed by atoms with Crippen LogP contribution in [0.15, 0.2) is 48.7 Å². The zero-order valence-corrected chi connectivity index (χ0v) is 12.1. The van der Waals surface area contributed by atoms with E-state index in [4.69, 9.17) is 5.26 Å². The van der Waals surface area contributed by atoms with Gasteiger partial charge in [0.25, 0.3) is 5.91 Å². The monoisotopic (exact) mass is 290 g/mol. The summed E-state index contributed by atoms with van der Waals surface area (Å²) < 4.78 is 1.70. The van der Waals surface area contributed by atoms with Gasteiger partial charge < -0.3 is 5.32 Å². The lowest BCUT2D eigenvalue weighted by atomic mass is 10.2. The molecule has 0 fully saturated rings. The summed E-state index contributed by atoms with van der Waals surface area (Å²) in [4.78, 5) is 16.8. The highest BCUT2D eigenvalue weighted by Crippen LogP contribution is 2.13. The maximum Gasteiger partial charge on any atom is 0.270 e. The van der Waals surface area contributed by atoms with Crippen LogP contribution in [-0.4, -0.2) is 15.3 Å². The molecule has 1 N–H and O–H groups in total. The van der Waals surface area contributed by atoms with Gasteiger partial charge in [0, 0.05) is 12.7 Å². The molecular weight excluding hydrogens is 276 g/mol. The molecule has 2 aromatic heterocycles. The normalized spacial score (nSPS) is 10.4. The quantitative estimate of drug-likeness (QED) is 0.805. The van der Waals surface area contributed by atoms with Crippen LogP contribution in [0.5, 0.6) is 0 Å². The summed E-state index contributed by atoms with van der Waals surface area (Å²) in [6, 6.07) is 15.1. The second kappa shape index (κ2) is 5.70. The number of carbonyl (C=O) groups is 1. The summed E-state index contributed by atoms with van der Waals surface area (Å²) in [5.41, 5.74) is 3.29. The first-order valence-corrected chi connectivity index (χ1v) is 6.90. The molecule has 1 amide bonds. The molecule has 0 saturated carbocycles. The molecule has 0 saturated heterocycles. The van der Waals surface area contributed by atoms with E-state index in [0.29, 0.717) is 29.1 Å². The highest BCUT2D eigenvalue weighted by atomic mass is 16.1. The molecule has 3 aromatic rings. The van der Waals surface area contributed by atoms with Crippen molar-refractivity contribution in [1.82, 2.24) is 14.7 Å². The van der Waals surface area contributed by atoms with E-state index in [1.807, 2.05) is 30.3 Å². The number of aryl methyl sites for hydroxylation is 1. The number of benzene rings is 1. The SMILES string of the molecule is Cc1nc2cc(C#N)ccn2c1C(=O)NCc1ccccc1. The minimum Gasteiger partial charge on any atom is -0.347 e. The van der Waals surface area contributed by atoms with Crippen LogP contribution in [0.3, 0.4) is 0 Å². The van der Waals surface area contributed by atoms with Gasteiger partial charge in [-0.1, -0.05) is 30.3 Å². The number of imidazole rings is 1. The number of amides is 1. The number of nitrogens with zero attached hydrogens (tertiary/aromatic N) is 3. The summed E-state index contributed by atoms with van der Waals surface area (Å²) >= 11 is 0. The van der Waals surface area contributed by atoms with Gasteiger partial charge in [0.05, 0.1) is 17.3 Å². The van der Waals surface area contributed by atoms with E-state index in [0.717, 1.165) is 5.56 Å². The standard InChI is InChI=1S/C17H14N4O/c1-12-16(17(22)19-11-13-5-3-2-4-6-13)21-8-7-14(10-18)9-15(21)20-12/h2-9H,11H2,1H3,(H,19,22). The number of aromatic nitrogens is 2. The van der Waals surface area contributed by atoms with Crippen molar-refractivity contribution in [1.29, 1.82) is 5.26 Å². The second-order valence-electron chi connectivity index (χ2n) is 4.97. The van der Waals surface area contributed by atoms with Crippen molar-refractivity contribution in [2.24, 2.45) is 0 Å². The zero-order chi connectivity index (χ0) is 15.5. The van der Waals surface area contributed by atoms with E-state index < -0.39 is 0 Å². The molecule has 5 nitrogen and oxygen atoms in total. The Kier molecular flexibility index (Phi) is 3.58. The molecular formula is C17H14N4O. The summed E-state index contributed by atoms with van der Waals surface area (Å²) in [7, 11) is 0. The molecule has 0 aliphatic carbocycles. The third-order valence-corrected chi connectivity index (χ3v) is 3.44. The zero-order valence-electron chi connectivity index (χ0n) is 12.1. The maximum atomic E-state index is 12.4. The van der Waals surface area contributed by atoms with Gasteiger partial charge >= 0.3 is 0 Å². The predicted molar refractivity (Wildman–Crippen MR) is 82.3 cm³/mol. The summed E-state index contributed by atoms with van der Waals surface area (Å²) in [5.74, 6) is -0.182. The van der Waals surface area contributed by atoms with Crippen LogP contribution in [0.2, 0.25) is 0 Å². The molecule has 0 spiro atoms. The first-order chi connectivity index (χ1) is 10.7. The molecule has 2 heterocycles. The number of hydrogen-bond acceptors (Lipinski definition) is 3. The first-order valence-electron chi connectivity index (χ1n) is 6.90. The van der Waals surface area contributed by atoms with Crippen LogP contribution in [0.25, 0.3) is 5.65 Å². The average molecular weight is 290 g/mol. The largest absolute Gasteiger partial charge is 0.347 e. The molecule has 0 atom stereocenters. The van der Waals surface area contributed by atoms with Crippen molar-refractivity contribution < 1.29 is 4.79 Å². The fraction of sp³-hybridized carbons (Fsp3) is 0.118. The van der Waals surface area contributed by atoms with Crippen molar-refractivity contribution in [3.8, 4) is 6.07 Å². The fourth-order valence-electron chi connectivity index (χ4n) is 2.37. The topological polar surface area (TPSA) is 70.2 Å². The average Bonchev–Trinajstić information content (AvgIpc) is 2.88. The third-order valence-electron chi connectivity index (χ3n) is 3.44.